The molecule has 4 rings (SSSR count). The molecule has 0 atom stereocenters. The molecule has 1 aromatic carbocycles. The maximum Gasteiger partial charge on any atom is 0.167 e. The lowest BCUT2D eigenvalue weighted by Gasteiger charge is -2.03. The number of nitrogens with one attached hydrogen (secondary N) is 1. The summed E-state index contributed by atoms with van der Waals surface area (Å²) in [5, 5.41) is 7.76. The first kappa shape index (κ1) is 12.6. The van der Waals surface area contributed by atoms with Gasteiger partial charge in [-0.1, -0.05) is 12.1 Å². The van der Waals surface area contributed by atoms with Crippen molar-refractivity contribution in [2.24, 2.45) is 7.05 Å². The van der Waals surface area contributed by atoms with Gasteiger partial charge < -0.3 is 15.6 Å². The number of aromatic nitrogens is 5. The van der Waals surface area contributed by atoms with Crippen LogP contribution in [0.1, 0.15) is 0 Å². The van der Waals surface area contributed by atoms with Crippen LogP contribution in [-0.2, 0) is 7.05 Å². The fraction of sp³-hybridized carbons (Fsp3) is 0.133. The van der Waals surface area contributed by atoms with Crippen molar-refractivity contribution in [2.75, 3.05) is 18.1 Å². The van der Waals surface area contributed by atoms with Crippen molar-refractivity contribution in [3.63, 3.8) is 0 Å². The van der Waals surface area contributed by atoms with E-state index < -0.39 is 0 Å². The van der Waals surface area contributed by atoms with Crippen LogP contribution in [0, 0.1) is 0 Å². The summed E-state index contributed by atoms with van der Waals surface area (Å²) in [6, 6.07) is 9.61. The van der Waals surface area contributed by atoms with Crippen molar-refractivity contribution >= 4 is 28.3 Å². The van der Waals surface area contributed by atoms with Gasteiger partial charge in [-0.15, -0.1) is 0 Å². The molecule has 0 radical (unpaired) electrons. The Morgan fingerprint density at radius 2 is 2.09 bits per heavy atom. The van der Waals surface area contributed by atoms with Crippen molar-refractivity contribution in [2.45, 2.75) is 0 Å². The maximum atomic E-state index is 5.86. The minimum atomic E-state index is 0.712. The molecule has 7 nitrogen and oxygen atoms in total. The van der Waals surface area contributed by atoms with Crippen LogP contribution >= 0.6 is 0 Å². The molecule has 3 N–H and O–H groups in total. The molecule has 0 saturated carbocycles. The van der Waals surface area contributed by atoms with E-state index in [2.05, 4.69) is 20.4 Å². The fourth-order valence-corrected chi connectivity index (χ4v) is 2.63. The van der Waals surface area contributed by atoms with Gasteiger partial charge >= 0.3 is 0 Å². The van der Waals surface area contributed by atoms with Gasteiger partial charge in [0.15, 0.2) is 22.6 Å². The molecule has 0 fully saturated rings. The first-order valence-electron chi connectivity index (χ1n) is 6.92. The lowest BCUT2D eigenvalue weighted by molar-refractivity contribution is 0.877. The summed E-state index contributed by atoms with van der Waals surface area (Å²) in [4.78, 5) is 8.98. The largest absolute Gasteiger partial charge is 0.399 e. The van der Waals surface area contributed by atoms with Gasteiger partial charge in [-0.2, -0.15) is 9.61 Å². The molecular weight excluding hydrogens is 278 g/mol. The van der Waals surface area contributed by atoms with E-state index in [1.54, 1.807) is 6.33 Å². The molecule has 0 unspecified atom stereocenters. The first-order valence-corrected chi connectivity index (χ1v) is 6.92. The highest BCUT2D eigenvalue weighted by molar-refractivity contribution is 5.86. The number of fused-ring (bicyclic) bond motifs is 3. The van der Waals surface area contributed by atoms with Gasteiger partial charge in [0.25, 0.3) is 0 Å². The van der Waals surface area contributed by atoms with Crippen molar-refractivity contribution in [1.82, 2.24) is 24.1 Å². The Morgan fingerprint density at radius 3 is 2.86 bits per heavy atom. The van der Waals surface area contributed by atoms with Crippen molar-refractivity contribution in [3.05, 3.63) is 36.7 Å². The lowest BCUT2D eigenvalue weighted by Crippen LogP contribution is -2.01. The first-order chi connectivity index (χ1) is 10.7. The zero-order valence-electron chi connectivity index (χ0n) is 12.3. The number of nitrogen functional groups attached to an aromatic ring is 1. The average Bonchev–Trinajstić information content (AvgIpc) is 3.10. The molecule has 0 aliphatic rings. The van der Waals surface area contributed by atoms with E-state index in [-0.39, 0.29) is 0 Å². The summed E-state index contributed by atoms with van der Waals surface area (Å²) in [5.41, 5.74) is 10.8. The molecule has 110 valence electrons. The number of anilines is 2. The van der Waals surface area contributed by atoms with E-state index in [9.17, 15) is 0 Å². The highest BCUT2D eigenvalue weighted by Crippen LogP contribution is 2.25. The molecule has 0 aliphatic carbocycles. The van der Waals surface area contributed by atoms with Crippen LogP contribution in [0.2, 0.25) is 0 Å². The van der Waals surface area contributed by atoms with Gasteiger partial charge in [0, 0.05) is 31.4 Å². The van der Waals surface area contributed by atoms with E-state index in [0.29, 0.717) is 5.69 Å². The van der Waals surface area contributed by atoms with E-state index >= 15 is 0 Å². The molecule has 22 heavy (non-hydrogen) atoms. The van der Waals surface area contributed by atoms with Crippen molar-refractivity contribution in [1.29, 1.82) is 0 Å². The van der Waals surface area contributed by atoms with Crippen molar-refractivity contribution in [3.8, 4) is 11.3 Å². The van der Waals surface area contributed by atoms with Gasteiger partial charge in [-0.3, -0.25) is 0 Å². The number of nitrogens with two attached hydrogens (primary N) is 1. The third-order valence-corrected chi connectivity index (χ3v) is 3.67. The summed E-state index contributed by atoms with van der Waals surface area (Å²) < 4.78 is 3.74. The SMILES string of the molecule is CNc1nc2cc(-c3cccc(N)c3)nn2c2c1ncn2C. The number of imidazole rings is 1. The summed E-state index contributed by atoms with van der Waals surface area (Å²) >= 11 is 0. The molecule has 0 bridgehead atoms. The van der Waals surface area contributed by atoms with E-state index in [4.69, 9.17) is 5.73 Å². The van der Waals surface area contributed by atoms with Crippen LogP contribution in [-0.4, -0.2) is 31.2 Å². The molecule has 0 saturated heterocycles. The predicted octanol–water partition coefficient (Wildman–Crippen LogP) is 1.91. The number of nitrogens with zero attached hydrogens (tertiary/aromatic N) is 5. The molecule has 3 heterocycles. The highest BCUT2D eigenvalue weighted by atomic mass is 15.3. The Balaban J connectivity index is 2.05. The average molecular weight is 293 g/mol. The smallest absolute Gasteiger partial charge is 0.167 e. The number of hydrogen-bond acceptors (Lipinski definition) is 5. The molecule has 0 amide bonds. The molecular formula is C15H15N7. The van der Waals surface area contributed by atoms with Gasteiger partial charge in [-0.05, 0) is 12.1 Å². The summed E-state index contributed by atoms with van der Waals surface area (Å²) in [7, 11) is 3.78. The fourth-order valence-electron chi connectivity index (χ4n) is 2.63. The summed E-state index contributed by atoms with van der Waals surface area (Å²) in [6.45, 7) is 0. The normalized spacial score (nSPS) is 11.4. The van der Waals surface area contributed by atoms with E-state index in [1.807, 2.05) is 53.5 Å². The van der Waals surface area contributed by atoms with Gasteiger partial charge in [0.05, 0.1) is 12.0 Å². The second-order valence-corrected chi connectivity index (χ2v) is 5.16. The molecule has 0 spiro atoms. The predicted molar refractivity (Wildman–Crippen MR) is 86.7 cm³/mol. The Hall–Kier alpha value is -3.09. The lowest BCUT2D eigenvalue weighted by atomic mass is 10.1. The second kappa shape index (κ2) is 4.45. The summed E-state index contributed by atoms with van der Waals surface area (Å²) in [5.74, 6) is 0.738. The van der Waals surface area contributed by atoms with Crippen LogP contribution in [0.5, 0.6) is 0 Å². The number of rotatable bonds is 2. The van der Waals surface area contributed by atoms with Gasteiger partial charge in [0.1, 0.15) is 0 Å². The van der Waals surface area contributed by atoms with Crippen LogP contribution in [0.25, 0.3) is 28.1 Å². The third-order valence-electron chi connectivity index (χ3n) is 3.67. The van der Waals surface area contributed by atoms with Gasteiger partial charge in [-0.25, -0.2) is 9.97 Å². The van der Waals surface area contributed by atoms with Crippen LogP contribution in [0.15, 0.2) is 36.7 Å². The van der Waals surface area contributed by atoms with E-state index in [0.717, 1.165) is 33.9 Å². The molecule has 4 aromatic rings. The summed E-state index contributed by atoms with van der Waals surface area (Å²) in [6.07, 6.45) is 1.76. The standard InChI is InChI=1S/C15H15N7/c1-17-14-13-15(21(2)8-18-13)22-12(19-14)7-11(20-22)9-4-3-5-10(16)6-9/h3-8H,16H2,1-2H3,(H,17,19). The molecule has 3 aromatic heterocycles. The van der Waals surface area contributed by atoms with Crippen molar-refractivity contribution < 1.29 is 0 Å². The Bertz CT molecular complexity index is 996. The zero-order valence-corrected chi connectivity index (χ0v) is 12.3. The molecule has 0 aliphatic heterocycles. The minimum absolute atomic E-state index is 0.712. The van der Waals surface area contributed by atoms with Crippen LogP contribution in [0.3, 0.4) is 0 Å². The van der Waals surface area contributed by atoms with E-state index in [1.165, 1.54) is 0 Å². The van der Waals surface area contributed by atoms with Gasteiger partial charge in [0.2, 0.25) is 0 Å². The minimum Gasteiger partial charge on any atom is -0.399 e. The number of aryl methyl sites for hydroxylation is 1. The Kier molecular flexibility index (Phi) is 2.56. The quantitative estimate of drug-likeness (QED) is 0.551. The Labute approximate surface area is 126 Å². The van der Waals surface area contributed by atoms with Crippen LogP contribution in [0.4, 0.5) is 11.5 Å². The molecule has 7 heteroatoms. The van der Waals surface area contributed by atoms with Crippen LogP contribution < -0.4 is 11.1 Å². The second-order valence-electron chi connectivity index (χ2n) is 5.16. The zero-order chi connectivity index (χ0) is 15.3. The monoisotopic (exact) mass is 293 g/mol. The third kappa shape index (κ3) is 1.72. The highest BCUT2D eigenvalue weighted by Gasteiger charge is 2.15. The number of hydrogen-bond donors (Lipinski definition) is 2. The number of benzene rings is 1. The maximum absolute atomic E-state index is 5.86. The Morgan fingerprint density at radius 1 is 1.23 bits per heavy atom. The topological polar surface area (TPSA) is 86.1 Å².